The summed E-state index contributed by atoms with van der Waals surface area (Å²) in [5.41, 5.74) is 1.07. The van der Waals surface area contributed by atoms with Gasteiger partial charge in [0.15, 0.2) is 10.8 Å². The first-order chi connectivity index (χ1) is 8.15. The summed E-state index contributed by atoms with van der Waals surface area (Å²) in [6.45, 7) is 0.684. The van der Waals surface area contributed by atoms with Crippen LogP contribution in [0.5, 0.6) is 0 Å². The van der Waals surface area contributed by atoms with Gasteiger partial charge in [0.05, 0.1) is 5.69 Å². The van der Waals surface area contributed by atoms with Gasteiger partial charge in [-0.05, 0) is 6.07 Å². The van der Waals surface area contributed by atoms with Crippen molar-refractivity contribution in [1.29, 1.82) is 0 Å². The molecule has 0 aliphatic rings. The molecule has 0 saturated heterocycles. The van der Waals surface area contributed by atoms with Gasteiger partial charge in [0.25, 0.3) is 0 Å². The molecule has 2 N–H and O–H groups in total. The maximum atomic E-state index is 10.6. The van der Waals surface area contributed by atoms with Crippen molar-refractivity contribution in [2.75, 3.05) is 11.9 Å². The molecule has 0 saturated carbocycles. The number of rotatable bonds is 5. The number of anilines is 1. The number of nitrogens with one attached hydrogen (secondary N) is 1. The molecule has 0 amide bonds. The molecule has 0 bridgehead atoms. The number of aromatic carboxylic acids is 1. The monoisotopic (exact) mass is 252 g/mol. The Balaban J connectivity index is 1.83. The Hall–Kier alpha value is -1.89. The first-order valence-corrected chi connectivity index (χ1v) is 5.94. The summed E-state index contributed by atoms with van der Waals surface area (Å²) >= 11 is 1.29. The third kappa shape index (κ3) is 3.04. The van der Waals surface area contributed by atoms with Crippen LogP contribution in [0, 0.1) is 0 Å². The predicted molar refractivity (Wildman–Crippen MR) is 64.5 cm³/mol. The highest BCUT2D eigenvalue weighted by molar-refractivity contribution is 7.13. The van der Waals surface area contributed by atoms with Gasteiger partial charge in [-0.1, -0.05) is 0 Å². The van der Waals surface area contributed by atoms with Crippen LogP contribution in [0.15, 0.2) is 17.6 Å². The number of thiazole rings is 1. The van der Waals surface area contributed by atoms with Gasteiger partial charge in [-0.2, -0.15) is 5.10 Å². The van der Waals surface area contributed by atoms with Gasteiger partial charge in [0.1, 0.15) is 0 Å². The fourth-order valence-corrected chi connectivity index (χ4v) is 2.06. The second kappa shape index (κ2) is 4.96. The molecule has 0 fully saturated rings. The van der Waals surface area contributed by atoms with Gasteiger partial charge in [0.2, 0.25) is 0 Å². The number of carboxylic acids is 1. The molecular formula is C10H12N4O2S. The van der Waals surface area contributed by atoms with E-state index in [9.17, 15) is 4.79 Å². The molecular weight excluding hydrogens is 240 g/mol. The zero-order valence-corrected chi connectivity index (χ0v) is 10.1. The van der Waals surface area contributed by atoms with Gasteiger partial charge < -0.3 is 10.4 Å². The zero-order chi connectivity index (χ0) is 12.3. The van der Waals surface area contributed by atoms with Crippen molar-refractivity contribution < 1.29 is 9.90 Å². The molecule has 90 valence electrons. The minimum atomic E-state index is -1.00. The number of aryl methyl sites for hydroxylation is 1. The lowest BCUT2D eigenvalue weighted by Gasteiger charge is -1.99. The lowest BCUT2D eigenvalue weighted by molar-refractivity contribution is 0.0691. The lowest BCUT2D eigenvalue weighted by atomic mass is 10.3. The average Bonchev–Trinajstić information content (AvgIpc) is 2.88. The van der Waals surface area contributed by atoms with E-state index in [-0.39, 0.29) is 5.69 Å². The molecule has 2 rings (SSSR count). The number of carboxylic acid groups (broad SMARTS) is 1. The van der Waals surface area contributed by atoms with Crippen LogP contribution in [-0.2, 0) is 13.5 Å². The summed E-state index contributed by atoms with van der Waals surface area (Å²) in [5.74, 6) is -1.00. The van der Waals surface area contributed by atoms with Crippen molar-refractivity contribution in [2.24, 2.45) is 7.05 Å². The number of hydrogen-bond donors (Lipinski definition) is 2. The molecule has 0 aliphatic heterocycles. The van der Waals surface area contributed by atoms with E-state index in [1.807, 2.05) is 19.3 Å². The van der Waals surface area contributed by atoms with Gasteiger partial charge in [-0.3, -0.25) is 4.68 Å². The molecule has 7 heteroatoms. The molecule has 0 aromatic carbocycles. The van der Waals surface area contributed by atoms with Crippen LogP contribution in [0.2, 0.25) is 0 Å². The Morgan fingerprint density at radius 2 is 2.47 bits per heavy atom. The van der Waals surface area contributed by atoms with Crippen molar-refractivity contribution in [3.8, 4) is 0 Å². The maximum absolute atomic E-state index is 10.6. The summed E-state index contributed by atoms with van der Waals surface area (Å²) in [6, 6.07) is 1.95. The number of carbonyl (C=O) groups is 1. The lowest BCUT2D eigenvalue weighted by Crippen LogP contribution is -2.06. The third-order valence-electron chi connectivity index (χ3n) is 2.15. The van der Waals surface area contributed by atoms with E-state index in [1.54, 1.807) is 4.68 Å². The van der Waals surface area contributed by atoms with Crippen LogP contribution in [-0.4, -0.2) is 32.4 Å². The second-order valence-electron chi connectivity index (χ2n) is 3.50. The molecule has 0 atom stereocenters. The van der Waals surface area contributed by atoms with E-state index in [1.165, 1.54) is 16.7 Å². The van der Waals surface area contributed by atoms with Gasteiger partial charge in [-0.25, -0.2) is 9.78 Å². The number of hydrogen-bond acceptors (Lipinski definition) is 5. The molecule has 6 nitrogen and oxygen atoms in total. The van der Waals surface area contributed by atoms with Crippen LogP contribution in [0.25, 0.3) is 0 Å². The van der Waals surface area contributed by atoms with Crippen molar-refractivity contribution in [2.45, 2.75) is 6.42 Å². The highest BCUT2D eigenvalue weighted by Gasteiger charge is 2.07. The van der Waals surface area contributed by atoms with Crippen LogP contribution < -0.4 is 5.32 Å². The topological polar surface area (TPSA) is 80.0 Å². The van der Waals surface area contributed by atoms with E-state index in [4.69, 9.17) is 5.11 Å². The van der Waals surface area contributed by atoms with E-state index >= 15 is 0 Å². The Kier molecular flexibility index (Phi) is 3.38. The van der Waals surface area contributed by atoms with E-state index in [0.717, 1.165) is 12.1 Å². The smallest absolute Gasteiger partial charge is 0.355 e. The zero-order valence-electron chi connectivity index (χ0n) is 9.25. The SMILES string of the molecule is Cn1ccc(CCNc2nc(C(=O)O)cs2)n1. The van der Waals surface area contributed by atoms with Crippen molar-refractivity contribution in [1.82, 2.24) is 14.8 Å². The normalized spacial score (nSPS) is 10.4. The molecule has 2 heterocycles. The summed E-state index contributed by atoms with van der Waals surface area (Å²) in [4.78, 5) is 14.5. The summed E-state index contributed by atoms with van der Waals surface area (Å²) in [5, 5.41) is 18.2. The predicted octanol–water partition coefficient (Wildman–Crippen LogP) is 1.23. The molecule has 0 spiro atoms. The molecule has 2 aromatic rings. The van der Waals surface area contributed by atoms with Gasteiger partial charge in [-0.15, -0.1) is 11.3 Å². The Labute approximate surface area is 102 Å². The second-order valence-corrected chi connectivity index (χ2v) is 4.36. The fourth-order valence-electron chi connectivity index (χ4n) is 1.35. The molecule has 2 aromatic heterocycles. The van der Waals surface area contributed by atoms with Crippen LogP contribution in [0.1, 0.15) is 16.2 Å². The molecule has 0 radical (unpaired) electrons. The van der Waals surface area contributed by atoms with Crippen molar-refractivity contribution in [3.63, 3.8) is 0 Å². The van der Waals surface area contributed by atoms with E-state index < -0.39 is 5.97 Å². The average molecular weight is 252 g/mol. The van der Waals surface area contributed by atoms with Crippen LogP contribution in [0.3, 0.4) is 0 Å². The number of nitrogens with zero attached hydrogens (tertiary/aromatic N) is 3. The largest absolute Gasteiger partial charge is 0.476 e. The standard InChI is InChI=1S/C10H12N4O2S/c1-14-5-3-7(13-14)2-4-11-10-12-8(6-17-10)9(15)16/h3,5-6H,2,4H2,1H3,(H,11,12)(H,15,16). The highest BCUT2D eigenvalue weighted by atomic mass is 32.1. The number of aromatic nitrogens is 3. The highest BCUT2D eigenvalue weighted by Crippen LogP contribution is 2.15. The maximum Gasteiger partial charge on any atom is 0.355 e. The Morgan fingerprint density at radius 3 is 3.06 bits per heavy atom. The first-order valence-electron chi connectivity index (χ1n) is 5.06. The Morgan fingerprint density at radius 1 is 1.65 bits per heavy atom. The van der Waals surface area contributed by atoms with Crippen molar-refractivity contribution >= 4 is 22.4 Å². The third-order valence-corrected chi connectivity index (χ3v) is 2.95. The molecule has 17 heavy (non-hydrogen) atoms. The van der Waals surface area contributed by atoms with Gasteiger partial charge in [0, 0.05) is 31.6 Å². The Bertz CT molecular complexity index is 520. The van der Waals surface area contributed by atoms with Crippen LogP contribution in [0.4, 0.5) is 5.13 Å². The molecule has 0 aliphatic carbocycles. The summed E-state index contributed by atoms with van der Waals surface area (Å²) < 4.78 is 1.75. The summed E-state index contributed by atoms with van der Waals surface area (Å²) in [7, 11) is 1.87. The van der Waals surface area contributed by atoms with Crippen molar-refractivity contribution in [3.05, 3.63) is 29.0 Å². The summed E-state index contributed by atoms with van der Waals surface area (Å²) in [6.07, 6.45) is 2.67. The first kappa shape index (κ1) is 11.6. The van der Waals surface area contributed by atoms with E-state index in [0.29, 0.717) is 11.7 Å². The van der Waals surface area contributed by atoms with Crippen LogP contribution >= 0.6 is 11.3 Å². The quantitative estimate of drug-likeness (QED) is 0.836. The van der Waals surface area contributed by atoms with E-state index in [2.05, 4.69) is 15.4 Å². The van der Waals surface area contributed by atoms with Gasteiger partial charge >= 0.3 is 5.97 Å². The molecule has 0 unspecified atom stereocenters. The fraction of sp³-hybridized carbons (Fsp3) is 0.300. The minimum Gasteiger partial charge on any atom is -0.476 e. The minimum absolute atomic E-state index is 0.0790.